The van der Waals surface area contributed by atoms with Gasteiger partial charge >= 0.3 is 0 Å². The van der Waals surface area contributed by atoms with Gasteiger partial charge < -0.3 is 0 Å². The number of hydrogen-bond donors (Lipinski definition) is 1. The summed E-state index contributed by atoms with van der Waals surface area (Å²) in [5.74, 6) is 2.61. The monoisotopic (exact) mass is 319 g/mol. The van der Waals surface area contributed by atoms with Gasteiger partial charge in [0.25, 0.3) is 0 Å². The molecule has 1 N–H and O–H groups in total. The van der Waals surface area contributed by atoms with E-state index >= 15 is 0 Å². The highest BCUT2D eigenvalue weighted by Crippen LogP contribution is 2.10. The zero-order valence-corrected chi connectivity index (χ0v) is 15.8. The Bertz CT molecular complexity index is 580. The minimum Gasteiger partial charge on any atom is -0.290 e. The van der Waals surface area contributed by atoms with E-state index in [1.54, 1.807) is 6.21 Å². The molecule has 0 aliphatic carbocycles. The predicted molar refractivity (Wildman–Crippen MR) is 95.0 cm³/mol. The molecule has 0 unspecified atom stereocenters. The largest absolute Gasteiger partial charge is 0.290 e. The molecule has 5 nitrogen and oxygen atoms in total. The number of nitrogens with zero attached hydrogens (tertiary/aromatic N) is 4. The second-order valence-electron chi connectivity index (χ2n) is 6.25. The van der Waals surface area contributed by atoms with E-state index in [-0.39, 0.29) is 5.54 Å². The topological polar surface area (TPSA) is 52.3 Å². The van der Waals surface area contributed by atoms with Crippen molar-refractivity contribution in [2.45, 2.75) is 60.5 Å². The highest BCUT2D eigenvalue weighted by Gasteiger charge is 2.25. The number of hydrogen-bond acceptors (Lipinski definition) is 4. The third-order valence-corrected chi connectivity index (χ3v) is 3.09. The minimum absolute atomic E-state index is 0.381. The molecule has 1 rings (SSSR count). The molecule has 0 fully saturated rings. The van der Waals surface area contributed by atoms with Crippen molar-refractivity contribution in [2.24, 2.45) is 0 Å². The highest BCUT2D eigenvalue weighted by molar-refractivity contribution is 5.74. The molecule has 1 heterocycles. The summed E-state index contributed by atoms with van der Waals surface area (Å²) in [6.07, 6.45) is 6.92. The van der Waals surface area contributed by atoms with Gasteiger partial charge in [-0.25, -0.2) is 4.98 Å². The van der Waals surface area contributed by atoms with Gasteiger partial charge in [-0.2, -0.15) is 0 Å². The normalized spacial score (nSPS) is 11.7. The Balaban J connectivity index is 0.00000232. The third kappa shape index (κ3) is 6.79. The molecule has 0 saturated heterocycles. The molecule has 0 atom stereocenters. The van der Waals surface area contributed by atoms with Crippen molar-refractivity contribution in [3.8, 4) is 12.3 Å². The molecule has 128 valence electrons. The number of aromatic nitrogens is 2. The summed E-state index contributed by atoms with van der Waals surface area (Å²) < 4.78 is 1.16. The summed E-state index contributed by atoms with van der Waals surface area (Å²) in [6.45, 7) is 14.8. The summed E-state index contributed by atoms with van der Waals surface area (Å²) in [5, 5.41) is 10.0. The Kier molecular flexibility index (Phi) is 8.49. The molecule has 23 heavy (non-hydrogen) atoms. The van der Waals surface area contributed by atoms with Crippen molar-refractivity contribution < 1.29 is 9.95 Å². The molecule has 1 aromatic heterocycles. The minimum atomic E-state index is -0.381. The lowest BCUT2D eigenvalue weighted by Crippen LogP contribution is -2.31. The van der Waals surface area contributed by atoms with Gasteiger partial charge in [0, 0.05) is 27.3 Å². The second-order valence-corrected chi connectivity index (χ2v) is 6.25. The van der Waals surface area contributed by atoms with Crippen LogP contribution in [0.1, 0.15) is 57.4 Å². The van der Waals surface area contributed by atoms with Crippen LogP contribution in [0.5, 0.6) is 0 Å². The highest BCUT2D eigenvalue weighted by atomic mass is 16.5. The average Bonchev–Trinajstić information content (AvgIpc) is 2.45. The van der Waals surface area contributed by atoms with Crippen molar-refractivity contribution in [1.82, 2.24) is 14.9 Å². The summed E-state index contributed by atoms with van der Waals surface area (Å²) in [6, 6.07) is 0. The fraction of sp³-hybridized carbons (Fsp3) is 0.611. The van der Waals surface area contributed by atoms with Crippen LogP contribution < -0.4 is 0 Å². The van der Waals surface area contributed by atoms with Gasteiger partial charge in [-0.3, -0.25) is 15.1 Å². The molecule has 0 amide bonds. The van der Waals surface area contributed by atoms with E-state index in [9.17, 15) is 5.21 Å². The number of terminal acetylenes is 1. The Morgan fingerprint density at radius 3 is 2.26 bits per heavy atom. The molecule has 0 spiro atoms. The molecular formula is C18H31N4O+. The zero-order valence-electron chi connectivity index (χ0n) is 15.8. The van der Waals surface area contributed by atoms with Crippen LogP contribution in [0.15, 0.2) is 0 Å². The first kappa shape index (κ1) is 21.1. The number of hydroxylamine groups is 1. The molecule has 1 aromatic rings. The smallest absolute Gasteiger partial charge is 0.243 e. The first-order chi connectivity index (χ1) is 10.6. The maximum atomic E-state index is 10.0. The SMILES string of the molecule is C#CCN(C)Cc1nc(C)c(/C=[N+](\O)C(C)(C)C)nc1C.CC. The van der Waals surface area contributed by atoms with Gasteiger partial charge in [-0.05, 0) is 25.6 Å². The van der Waals surface area contributed by atoms with E-state index in [1.165, 1.54) is 0 Å². The molecule has 0 radical (unpaired) electrons. The lowest BCUT2D eigenvalue weighted by atomic mass is 10.1. The van der Waals surface area contributed by atoms with Crippen LogP contribution in [0.25, 0.3) is 0 Å². The first-order valence-electron chi connectivity index (χ1n) is 7.94. The summed E-state index contributed by atoms with van der Waals surface area (Å²) >= 11 is 0. The summed E-state index contributed by atoms with van der Waals surface area (Å²) in [4.78, 5) is 11.1. The van der Waals surface area contributed by atoms with E-state index in [1.807, 2.05) is 60.4 Å². The van der Waals surface area contributed by atoms with E-state index in [0.29, 0.717) is 18.8 Å². The molecule has 0 aromatic carbocycles. The Labute approximate surface area is 141 Å². The molecule has 5 heteroatoms. The van der Waals surface area contributed by atoms with Crippen LogP contribution in [0, 0.1) is 26.2 Å². The predicted octanol–water partition coefficient (Wildman–Crippen LogP) is 2.80. The lowest BCUT2D eigenvalue weighted by molar-refractivity contribution is -0.816. The van der Waals surface area contributed by atoms with Crippen LogP contribution in [0.2, 0.25) is 0 Å². The van der Waals surface area contributed by atoms with Crippen molar-refractivity contribution in [3.05, 3.63) is 22.8 Å². The van der Waals surface area contributed by atoms with Crippen molar-refractivity contribution in [2.75, 3.05) is 13.6 Å². The van der Waals surface area contributed by atoms with Crippen molar-refractivity contribution in [1.29, 1.82) is 0 Å². The van der Waals surface area contributed by atoms with Gasteiger partial charge in [-0.1, -0.05) is 19.8 Å². The molecule has 0 saturated carbocycles. The molecule has 0 aliphatic rings. The Morgan fingerprint density at radius 2 is 1.78 bits per heavy atom. The lowest BCUT2D eigenvalue weighted by Gasteiger charge is -2.15. The standard InChI is InChI=1S/C16H25N4O.C2H6/c1-8-9-19(7)10-14-12(2)18-15(13(3)17-14)11-20(21)16(4,5)6;1-2/h1,11,21H,9-10H2,2-7H3;1-2H3/q+1;. The third-order valence-electron chi connectivity index (χ3n) is 3.09. The fourth-order valence-electron chi connectivity index (χ4n) is 1.72. The van der Waals surface area contributed by atoms with Gasteiger partial charge in [-0.15, -0.1) is 6.42 Å². The maximum Gasteiger partial charge on any atom is 0.243 e. The van der Waals surface area contributed by atoms with Crippen LogP contribution in [-0.2, 0) is 6.54 Å². The van der Waals surface area contributed by atoms with Crippen molar-refractivity contribution >= 4 is 6.21 Å². The van der Waals surface area contributed by atoms with E-state index in [2.05, 4.69) is 15.9 Å². The van der Waals surface area contributed by atoms with E-state index < -0.39 is 0 Å². The van der Waals surface area contributed by atoms with Gasteiger partial charge in [0.05, 0.1) is 23.6 Å². The van der Waals surface area contributed by atoms with Gasteiger partial charge in [0.2, 0.25) is 11.8 Å². The fourth-order valence-corrected chi connectivity index (χ4v) is 1.72. The molecule has 0 bridgehead atoms. The molecular weight excluding hydrogens is 288 g/mol. The van der Waals surface area contributed by atoms with Crippen molar-refractivity contribution in [3.63, 3.8) is 0 Å². The Hall–Kier alpha value is -1.93. The summed E-state index contributed by atoms with van der Waals surface area (Å²) in [5.41, 5.74) is 2.83. The van der Waals surface area contributed by atoms with Gasteiger partial charge in [0.1, 0.15) is 0 Å². The first-order valence-corrected chi connectivity index (χ1v) is 7.94. The number of aryl methyl sites for hydroxylation is 2. The Morgan fingerprint density at radius 1 is 1.22 bits per heavy atom. The molecule has 0 aliphatic heterocycles. The van der Waals surface area contributed by atoms with E-state index in [4.69, 9.17) is 6.42 Å². The average molecular weight is 319 g/mol. The van der Waals surface area contributed by atoms with Crippen LogP contribution in [0.3, 0.4) is 0 Å². The summed E-state index contributed by atoms with van der Waals surface area (Å²) in [7, 11) is 1.95. The second kappa shape index (κ2) is 9.26. The van der Waals surface area contributed by atoms with Gasteiger partial charge in [0.15, 0.2) is 5.69 Å². The maximum absolute atomic E-state index is 10.0. The quantitative estimate of drug-likeness (QED) is 0.305. The van der Waals surface area contributed by atoms with Crippen LogP contribution >= 0.6 is 0 Å². The number of rotatable bonds is 4. The van der Waals surface area contributed by atoms with Crippen LogP contribution in [0.4, 0.5) is 0 Å². The zero-order chi connectivity index (χ0) is 18.2. The van der Waals surface area contributed by atoms with E-state index in [0.717, 1.165) is 21.8 Å². The van der Waals surface area contributed by atoms with Crippen LogP contribution in [-0.4, -0.2) is 50.2 Å².